The molecule has 2 N–H and O–H groups in total. The minimum absolute atomic E-state index is 0.213. The Morgan fingerprint density at radius 3 is 2.37 bits per heavy atom. The minimum Gasteiger partial charge on any atom is -0.482 e. The van der Waals surface area contributed by atoms with Crippen LogP contribution in [0.5, 0.6) is 5.75 Å². The molecule has 0 radical (unpaired) electrons. The lowest BCUT2D eigenvalue weighted by molar-refractivity contribution is -0.120. The summed E-state index contributed by atoms with van der Waals surface area (Å²) < 4.78 is 38.2. The van der Waals surface area contributed by atoms with Crippen molar-refractivity contribution in [2.45, 2.75) is 20.3 Å². The van der Waals surface area contributed by atoms with Crippen LogP contribution in [0.15, 0.2) is 66.7 Å². The summed E-state index contributed by atoms with van der Waals surface area (Å²) in [6.07, 6.45) is 0.632. The fourth-order valence-electron chi connectivity index (χ4n) is 3.95. The Labute approximate surface area is 248 Å². The summed E-state index contributed by atoms with van der Waals surface area (Å²) in [6.45, 7) is 3.42. The molecule has 0 fully saturated rings. The zero-order chi connectivity index (χ0) is 31.5. The second kappa shape index (κ2) is 15.3. The largest absolute Gasteiger partial charge is 0.482 e. The molecule has 228 valence electrons. The first kappa shape index (κ1) is 32.5. The molecule has 0 heterocycles. The maximum atomic E-state index is 14.2. The number of likely N-dealkylation sites (N-methyl/N-ethyl adjacent to an activating group) is 1. The van der Waals surface area contributed by atoms with Gasteiger partial charge in [-0.1, -0.05) is 32.0 Å². The Balaban J connectivity index is 1.70. The summed E-state index contributed by atoms with van der Waals surface area (Å²) in [5, 5.41) is 5.09. The Morgan fingerprint density at radius 1 is 0.907 bits per heavy atom. The number of nitrogens with one attached hydrogen (secondary N) is 2. The Bertz CT molecular complexity index is 1470. The number of ether oxygens (including phenoxy) is 2. The van der Waals surface area contributed by atoms with E-state index in [-0.39, 0.29) is 29.5 Å². The van der Waals surface area contributed by atoms with Crippen molar-refractivity contribution in [3.8, 4) is 5.75 Å². The number of rotatable bonds is 12. The van der Waals surface area contributed by atoms with E-state index in [1.54, 1.807) is 36.4 Å². The molecule has 0 spiro atoms. The third kappa shape index (κ3) is 9.25. The van der Waals surface area contributed by atoms with Crippen molar-refractivity contribution in [1.29, 1.82) is 0 Å². The SMILES string of the molecule is COC(=O)c1cccc(NC(=O)NCC(=O)N(CCC(C)C)c2ccccc2OCC(=O)N(C)c2cc(F)ccc2F)c1. The van der Waals surface area contributed by atoms with Crippen molar-refractivity contribution in [3.05, 3.63) is 83.9 Å². The van der Waals surface area contributed by atoms with Crippen LogP contribution >= 0.6 is 0 Å². The van der Waals surface area contributed by atoms with E-state index in [1.807, 2.05) is 13.8 Å². The van der Waals surface area contributed by atoms with Gasteiger partial charge in [0.15, 0.2) is 6.61 Å². The molecule has 3 rings (SSSR count). The van der Waals surface area contributed by atoms with Crippen LogP contribution in [0.3, 0.4) is 0 Å². The predicted octanol–water partition coefficient (Wildman–Crippen LogP) is 4.99. The monoisotopic (exact) mass is 596 g/mol. The molecule has 0 aromatic heterocycles. The molecule has 4 amide bonds. The maximum absolute atomic E-state index is 14.2. The summed E-state index contributed by atoms with van der Waals surface area (Å²) in [5.74, 6) is -2.65. The zero-order valence-electron chi connectivity index (χ0n) is 24.4. The molecule has 10 nitrogen and oxygen atoms in total. The molecule has 0 unspecified atom stereocenters. The smallest absolute Gasteiger partial charge is 0.337 e. The van der Waals surface area contributed by atoms with Crippen LogP contribution in [0.2, 0.25) is 0 Å². The van der Waals surface area contributed by atoms with Gasteiger partial charge in [0.2, 0.25) is 5.91 Å². The van der Waals surface area contributed by atoms with Crippen LogP contribution in [0, 0.1) is 17.6 Å². The fourth-order valence-corrected chi connectivity index (χ4v) is 3.95. The van der Waals surface area contributed by atoms with Gasteiger partial charge in [-0.3, -0.25) is 9.59 Å². The van der Waals surface area contributed by atoms with Gasteiger partial charge in [0.1, 0.15) is 17.4 Å². The van der Waals surface area contributed by atoms with E-state index in [0.29, 0.717) is 24.3 Å². The highest BCUT2D eigenvalue weighted by atomic mass is 19.1. The van der Waals surface area contributed by atoms with E-state index in [9.17, 15) is 28.0 Å². The number of hydrogen-bond acceptors (Lipinski definition) is 6. The number of anilines is 3. The third-order valence-electron chi connectivity index (χ3n) is 6.32. The fraction of sp³-hybridized carbons (Fsp3) is 0.290. The number of nitrogens with zero attached hydrogens (tertiary/aromatic N) is 2. The lowest BCUT2D eigenvalue weighted by Gasteiger charge is -2.26. The average molecular weight is 597 g/mol. The first-order chi connectivity index (χ1) is 20.5. The van der Waals surface area contributed by atoms with Crippen molar-refractivity contribution in [2.75, 3.05) is 49.0 Å². The number of carbonyl (C=O) groups is 4. The Kier molecular flexibility index (Phi) is 11.6. The molecular formula is C31H34F2N4O6. The second-order valence-corrected chi connectivity index (χ2v) is 9.91. The topological polar surface area (TPSA) is 117 Å². The van der Waals surface area contributed by atoms with E-state index in [1.165, 1.54) is 31.2 Å². The predicted molar refractivity (Wildman–Crippen MR) is 158 cm³/mol. The van der Waals surface area contributed by atoms with Gasteiger partial charge in [-0.15, -0.1) is 0 Å². The Hall–Kier alpha value is -5.00. The van der Waals surface area contributed by atoms with Gasteiger partial charge in [-0.25, -0.2) is 18.4 Å². The summed E-state index contributed by atoms with van der Waals surface area (Å²) >= 11 is 0. The highest BCUT2D eigenvalue weighted by Gasteiger charge is 2.22. The number of esters is 1. The van der Waals surface area contributed by atoms with Gasteiger partial charge in [0, 0.05) is 25.3 Å². The van der Waals surface area contributed by atoms with Gasteiger partial charge in [0.05, 0.1) is 30.6 Å². The van der Waals surface area contributed by atoms with E-state index in [2.05, 4.69) is 15.4 Å². The lowest BCUT2D eigenvalue weighted by atomic mass is 10.1. The summed E-state index contributed by atoms with van der Waals surface area (Å²) in [5.41, 5.74) is 0.708. The highest BCUT2D eigenvalue weighted by Crippen LogP contribution is 2.29. The molecule has 0 atom stereocenters. The van der Waals surface area contributed by atoms with E-state index < -0.39 is 42.1 Å². The van der Waals surface area contributed by atoms with Crippen LogP contribution in [0.1, 0.15) is 30.6 Å². The van der Waals surface area contributed by atoms with Gasteiger partial charge in [0.25, 0.3) is 5.91 Å². The highest BCUT2D eigenvalue weighted by molar-refractivity contribution is 6.00. The molecule has 3 aromatic rings. The van der Waals surface area contributed by atoms with E-state index in [0.717, 1.165) is 23.1 Å². The van der Waals surface area contributed by atoms with Crippen molar-refractivity contribution in [3.63, 3.8) is 0 Å². The molecule has 0 aliphatic carbocycles. The number of para-hydroxylation sites is 2. The summed E-state index contributed by atoms with van der Waals surface area (Å²) in [4.78, 5) is 52.8. The number of carbonyl (C=O) groups excluding carboxylic acids is 4. The number of methoxy groups -OCH3 is 1. The minimum atomic E-state index is -0.768. The molecule has 0 saturated carbocycles. The van der Waals surface area contributed by atoms with Gasteiger partial charge in [-0.05, 0) is 54.8 Å². The van der Waals surface area contributed by atoms with Crippen molar-refractivity contribution >= 4 is 40.9 Å². The number of benzene rings is 3. The number of hydrogen-bond donors (Lipinski definition) is 2. The normalized spacial score (nSPS) is 10.6. The molecule has 0 bridgehead atoms. The molecular weight excluding hydrogens is 562 g/mol. The standard InChI is InChI=1S/C31H34F2N4O6/c1-20(2)14-15-37(28(38)18-34-31(41)35-23-9-7-8-21(16-23)30(40)42-4)25-10-5-6-11-27(25)43-19-29(39)36(3)26-17-22(32)12-13-24(26)33/h5-13,16-17,20H,14-15,18-19H2,1-4H3,(H2,34,35,41). The molecule has 0 aliphatic heterocycles. The van der Waals surface area contributed by atoms with Crippen LogP contribution in [0.4, 0.5) is 30.6 Å². The van der Waals surface area contributed by atoms with Gasteiger partial charge >= 0.3 is 12.0 Å². The first-order valence-corrected chi connectivity index (χ1v) is 13.5. The van der Waals surface area contributed by atoms with Crippen LogP contribution in [-0.2, 0) is 14.3 Å². The molecule has 3 aromatic carbocycles. The zero-order valence-corrected chi connectivity index (χ0v) is 24.4. The quantitative estimate of drug-likeness (QED) is 0.285. The van der Waals surface area contributed by atoms with Crippen LogP contribution < -0.4 is 25.2 Å². The van der Waals surface area contributed by atoms with Gasteiger partial charge < -0.3 is 29.9 Å². The molecule has 43 heavy (non-hydrogen) atoms. The van der Waals surface area contributed by atoms with Crippen LogP contribution in [-0.4, -0.2) is 57.7 Å². The summed E-state index contributed by atoms with van der Waals surface area (Å²) in [7, 11) is 2.55. The number of amides is 4. The van der Waals surface area contributed by atoms with E-state index in [4.69, 9.17) is 4.74 Å². The first-order valence-electron chi connectivity index (χ1n) is 13.5. The Morgan fingerprint density at radius 2 is 1.65 bits per heavy atom. The lowest BCUT2D eigenvalue weighted by Crippen LogP contribution is -2.42. The molecule has 0 saturated heterocycles. The number of halogens is 2. The maximum Gasteiger partial charge on any atom is 0.337 e. The molecule has 12 heteroatoms. The number of urea groups is 1. The third-order valence-corrected chi connectivity index (χ3v) is 6.32. The van der Waals surface area contributed by atoms with Crippen molar-refractivity contribution in [2.24, 2.45) is 5.92 Å². The average Bonchev–Trinajstić information content (AvgIpc) is 2.99. The molecule has 0 aliphatic rings. The second-order valence-electron chi connectivity index (χ2n) is 9.91. The van der Waals surface area contributed by atoms with Crippen molar-refractivity contribution < 1.29 is 37.4 Å². The van der Waals surface area contributed by atoms with Crippen molar-refractivity contribution in [1.82, 2.24) is 5.32 Å². The van der Waals surface area contributed by atoms with E-state index >= 15 is 0 Å². The van der Waals surface area contributed by atoms with Crippen LogP contribution in [0.25, 0.3) is 0 Å². The summed E-state index contributed by atoms with van der Waals surface area (Å²) in [6, 6.07) is 14.8. The van der Waals surface area contributed by atoms with Gasteiger partial charge in [-0.2, -0.15) is 0 Å².